The van der Waals surface area contributed by atoms with Crippen molar-refractivity contribution in [3.8, 4) is 0 Å². The van der Waals surface area contributed by atoms with E-state index in [-0.39, 0.29) is 5.56 Å². The molecule has 2 rings (SSSR count). The van der Waals surface area contributed by atoms with Gasteiger partial charge in [-0.25, -0.2) is 4.79 Å². The monoisotopic (exact) mass is 249 g/mol. The summed E-state index contributed by atoms with van der Waals surface area (Å²) in [5.41, 5.74) is 1.94. The Morgan fingerprint density at radius 1 is 1.33 bits per heavy atom. The minimum absolute atomic E-state index is 0.233. The summed E-state index contributed by atoms with van der Waals surface area (Å²) in [6.45, 7) is 1.09. The maximum atomic E-state index is 11.0. The summed E-state index contributed by atoms with van der Waals surface area (Å²) in [7, 11) is 3.58. The van der Waals surface area contributed by atoms with Crippen molar-refractivity contribution < 1.29 is 9.90 Å². The van der Waals surface area contributed by atoms with Gasteiger partial charge in [-0.05, 0) is 0 Å². The molecule has 7 nitrogen and oxygen atoms in total. The Balaban J connectivity index is 1.98. The first-order valence-corrected chi connectivity index (χ1v) is 5.50. The lowest BCUT2D eigenvalue weighted by Gasteiger charge is -2.05. The fraction of sp³-hybridized carbons (Fsp3) is 0.364. The largest absolute Gasteiger partial charge is 0.478 e. The molecule has 0 aliphatic carbocycles. The molecule has 0 saturated heterocycles. The smallest absolute Gasteiger partial charge is 0.339 e. The Hall–Kier alpha value is -2.15. The normalized spacial score (nSPS) is 10.8. The van der Waals surface area contributed by atoms with Crippen molar-refractivity contribution in [2.75, 3.05) is 0 Å². The number of carbonyl (C=O) groups is 1. The van der Waals surface area contributed by atoms with Gasteiger partial charge in [0, 0.05) is 38.9 Å². The van der Waals surface area contributed by atoms with Gasteiger partial charge in [-0.3, -0.25) is 9.36 Å². The van der Waals surface area contributed by atoms with Crippen LogP contribution < -0.4 is 5.32 Å². The molecule has 2 aromatic rings. The molecule has 0 bridgehead atoms. The van der Waals surface area contributed by atoms with Gasteiger partial charge >= 0.3 is 5.97 Å². The van der Waals surface area contributed by atoms with Crippen LogP contribution in [0.1, 0.15) is 21.6 Å². The number of carboxylic acid groups (broad SMARTS) is 1. The molecule has 0 amide bonds. The minimum atomic E-state index is -0.957. The molecule has 0 unspecified atom stereocenters. The molecule has 0 aromatic carbocycles. The molecule has 0 fully saturated rings. The summed E-state index contributed by atoms with van der Waals surface area (Å²) in [5.74, 6) is -0.957. The van der Waals surface area contributed by atoms with E-state index in [1.54, 1.807) is 22.6 Å². The number of aryl methyl sites for hydroxylation is 2. The number of hydrogen-bond acceptors (Lipinski definition) is 4. The van der Waals surface area contributed by atoms with Crippen molar-refractivity contribution in [1.29, 1.82) is 0 Å². The second-order valence-electron chi connectivity index (χ2n) is 4.06. The van der Waals surface area contributed by atoms with Gasteiger partial charge in [0.1, 0.15) is 5.56 Å². The van der Waals surface area contributed by atoms with Crippen LogP contribution in [0.25, 0.3) is 0 Å². The van der Waals surface area contributed by atoms with Crippen LogP contribution in [0, 0.1) is 0 Å². The predicted octanol–water partition coefficient (Wildman–Crippen LogP) is 0.142. The molecule has 18 heavy (non-hydrogen) atoms. The van der Waals surface area contributed by atoms with Gasteiger partial charge in [-0.2, -0.15) is 10.2 Å². The molecule has 0 aliphatic heterocycles. The van der Waals surface area contributed by atoms with Crippen LogP contribution >= 0.6 is 0 Å². The van der Waals surface area contributed by atoms with Crippen LogP contribution in [0.2, 0.25) is 0 Å². The first-order chi connectivity index (χ1) is 8.58. The van der Waals surface area contributed by atoms with Gasteiger partial charge in [-0.1, -0.05) is 0 Å². The molecule has 0 atom stereocenters. The number of hydrogen-bond donors (Lipinski definition) is 2. The van der Waals surface area contributed by atoms with Crippen LogP contribution in [0.5, 0.6) is 0 Å². The van der Waals surface area contributed by atoms with Crippen LogP contribution in [-0.4, -0.2) is 30.6 Å². The molecule has 7 heteroatoms. The number of carboxylic acids is 1. The van der Waals surface area contributed by atoms with Gasteiger partial charge in [0.25, 0.3) is 0 Å². The number of nitrogens with one attached hydrogen (secondary N) is 1. The number of rotatable bonds is 5. The summed E-state index contributed by atoms with van der Waals surface area (Å²) < 4.78 is 3.30. The maximum Gasteiger partial charge on any atom is 0.339 e. The molecule has 0 radical (unpaired) electrons. The van der Waals surface area contributed by atoms with Crippen molar-refractivity contribution in [3.05, 3.63) is 35.4 Å². The van der Waals surface area contributed by atoms with E-state index in [2.05, 4.69) is 15.5 Å². The molecule has 0 saturated carbocycles. The van der Waals surface area contributed by atoms with E-state index in [4.69, 9.17) is 5.11 Å². The molecule has 0 spiro atoms. The molecule has 96 valence electrons. The molecule has 2 N–H and O–H groups in total. The summed E-state index contributed by atoms with van der Waals surface area (Å²) >= 11 is 0. The van der Waals surface area contributed by atoms with Crippen molar-refractivity contribution in [2.45, 2.75) is 13.1 Å². The zero-order chi connectivity index (χ0) is 13.1. The van der Waals surface area contributed by atoms with E-state index in [9.17, 15) is 4.79 Å². The third-order valence-corrected chi connectivity index (χ3v) is 2.67. The summed E-state index contributed by atoms with van der Waals surface area (Å²) in [5, 5.41) is 20.2. The molecular formula is C11H15N5O2. The van der Waals surface area contributed by atoms with Crippen molar-refractivity contribution in [3.63, 3.8) is 0 Å². The highest BCUT2D eigenvalue weighted by Gasteiger charge is 2.14. The Kier molecular flexibility index (Phi) is 3.42. The van der Waals surface area contributed by atoms with Gasteiger partial charge < -0.3 is 10.4 Å². The second-order valence-corrected chi connectivity index (χ2v) is 4.06. The van der Waals surface area contributed by atoms with E-state index in [0.717, 1.165) is 5.56 Å². The third-order valence-electron chi connectivity index (χ3n) is 2.67. The van der Waals surface area contributed by atoms with Gasteiger partial charge in [0.05, 0.1) is 18.1 Å². The molecule has 0 aliphatic rings. The summed E-state index contributed by atoms with van der Waals surface area (Å²) in [6.07, 6.45) is 5.05. The zero-order valence-corrected chi connectivity index (χ0v) is 10.3. The average Bonchev–Trinajstić information content (AvgIpc) is 2.87. The van der Waals surface area contributed by atoms with E-state index in [1.807, 2.05) is 13.2 Å². The Morgan fingerprint density at radius 2 is 2.11 bits per heavy atom. The van der Waals surface area contributed by atoms with E-state index >= 15 is 0 Å². The maximum absolute atomic E-state index is 11.0. The van der Waals surface area contributed by atoms with Gasteiger partial charge in [-0.15, -0.1) is 0 Å². The minimum Gasteiger partial charge on any atom is -0.478 e. The standard InChI is InChI=1S/C11H15N5O2/c1-15-7-8(4-13-15)3-12-6-10-9(11(17)18)5-14-16(10)2/h4-5,7,12H,3,6H2,1-2H3,(H,17,18). The fourth-order valence-corrected chi connectivity index (χ4v) is 1.74. The topological polar surface area (TPSA) is 85.0 Å². The van der Waals surface area contributed by atoms with Crippen LogP contribution in [-0.2, 0) is 27.2 Å². The lowest BCUT2D eigenvalue weighted by atomic mass is 10.2. The predicted molar refractivity (Wildman–Crippen MR) is 63.9 cm³/mol. The molecule has 2 aromatic heterocycles. The molecule has 2 heterocycles. The Bertz CT molecular complexity index is 558. The van der Waals surface area contributed by atoms with Crippen LogP contribution in [0.4, 0.5) is 0 Å². The quantitative estimate of drug-likeness (QED) is 0.787. The van der Waals surface area contributed by atoms with Gasteiger partial charge in [0.2, 0.25) is 0 Å². The summed E-state index contributed by atoms with van der Waals surface area (Å²) in [4.78, 5) is 11.0. The van der Waals surface area contributed by atoms with Crippen LogP contribution in [0.15, 0.2) is 18.6 Å². The van der Waals surface area contributed by atoms with Crippen molar-refractivity contribution >= 4 is 5.97 Å². The lowest BCUT2D eigenvalue weighted by Crippen LogP contribution is -2.17. The third kappa shape index (κ3) is 2.57. The first-order valence-electron chi connectivity index (χ1n) is 5.50. The van der Waals surface area contributed by atoms with Gasteiger partial charge in [0.15, 0.2) is 0 Å². The number of aromatic carboxylic acids is 1. The fourth-order valence-electron chi connectivity index (χ4n) is 1.74. The number of nitrogens with zero attached hydrogens (tertiary/aromatic N) is 4. The van der Waals surface area contributed by atoms with Crippen LogP contribution in [0.3, 0.4) is 0 Å². The van der Waals surface area contributed by atoms with E-state index in [0.29, 0.717) is 18.8 Å². The van der Waals surface area contributed by atoms with Crippen molar-refractivity contribution in [1.82, 2.24) is 24.9 Å². The Morgan fingerprint density at radius 3 is 2.72 bits per heavy atom. The average molecular weight is 249 g/mol. The SMILES string of the molecule is Cn1cc(CNCc2c(C(=O)O)cnn2C)cn1. The van der Waals surface area contributed by atoms with Crippen molar-refractivity contribution in [2.24, 2.45) is 14.1 Å². The van der Waals surface area contributed by atoms with E-state index in [1.165, 1.54) is 6.20 Å². The molecular weight excluding hydrogens is 234 g/mol. The zero-order valence-electron chi connectivity index (χ0n) is 10.3. The lowest BCUT2D eigenvalue weighted by molar-refractivity contribution is 0.0695. The highest BCUT2D eigenvalue weighted by Crippen LogP contribution is 2.07. The second kappa shape index (κ2) is 5.01. The first kappa shape index (κ1) is 12.3. The highest BCUT2D eigenvalue weighted by atomic mass is 16.4. The van der Waals surface area contributed by atoms with E-state index < -0.39 is 5.97 Å². The Labute approximate surface area is 104 Å². The highest BCUT2D eigenvalue weighted by molar-refractivity contribution is 5.88. The number of aromatic nitrogens is 4. The summed E-state index contributed by atoms with van der Waals surface area (Å²) in [6, 6.07) is 0.